The van der Waals surface area contributed by atoms with Gasteiger partial charge in [0, 0.05) is 22.2 Å². The minimum atomic E-state index is -0.769. The molecule has 5 N–H and O–H groups in total. The van der Waals surface area contributed by atoms with Crippen LogP contribution in [0.3, 0.4) is 0 Å². The lowest BCUT2D eigenvalue weighted by Crippen LogP contribution is -2.66. The van der Waals surface area contributed by atoms with Gasteiger partial charge in [0.15, 0.2) is 0 Å². The topological polar surface area (TPSA) is 72.3 Å². The van der Waals surface area contributed by atoms with Gasteiger partial charge in [-0.15, -0.1) is 0 Å². The maximum atomic E-state index is 11.1. The fraction of sp³-hybridized carbons (Fsp3) is 0.467. The molecule has 176 valence electrons. The van der Waals surface area contributed by atoms with E-state index in [0.29, 0.717) is 11.4 Å². The zero-order chi connectivity index (χ0) is 24.8. The number of hydrogen-bond donors (Lipinski definition) is 3. The highest BCUT2D eigenvalue weighted by molar-refractivity contribution is 5.89. The van der Waals surface area contributed by atoms with Gasteiger partial charge in [-0.1, -0.05) is 52.1 Å². The molecule has 0 saturated carbocycles. The summed E-state index contributed by atoms with van der Waals surface area (Å²) in [7, 11) is 0. The van der Waals surface area contributed by atoms with Crippen molar-refractivity contribution in [1.29, 1.82) is 0 Å². The van der Waals surface area contributed by atoms with Gasteiger partial charge in [0.2, 0.25) is 0 Å². The molecule has 33 heavy (non-hydrogen) atoms. The number of phenolic OH excluding ortho intramolecular Hbond substituents is 1. The molecule has 0 fully saturated rings. The molecular formula is C30H40N2O. The molecule has 0 bridgehead atoms. The van der Waals surface area contributed by atoms with E-state index in [-0.39, 0.29) is 16.7 Å². The standard InChI is InChI=1S/C30H40N2O/c1-11-23-17(4)24(21(8)31)19(6)30(32)20(7)26-18(5)25-22(15(2)12-16(3)27(25)33)13-28(26,9)14-29(23,30)10/h12,23,33H,5-6,8,11,13-14,31-32H2,1-4,7,9-10H3/t23-,28+,29+,30-/m1/s1. The summed E-state index contributed by atoms with van der Waals surface area (Å²) in [5.41, 5.74) is 23.6. The molecule has 0 unspecified atom stereocenters. The van der Waals surface area contributed by atoms with Crippen molar-refractivity contribution in [3.05, 3.63) is 81.6 Å². The van der Waals surface area contributed by atoms with Crippen molar-refractivity contribution in [2.45, 2.75) is 73.3 Å². The highest BCUT2D eigenvalue weighted by atomic mass is 16.3. The Hall–Kier alpha value is -2.52. The van der Waals surface area contributed by atoms with Crippen molar-refractivity contribution in [2.75, 3.05) is 0 Å². The fourth-order valence-corrected chi connectivity index (χ4v) is 8.20. The van der Waals surface area contributed by atoms with Gasteiger partial charge >= 0.3 is 0 Å². The molecule has 0 heterocycles. The van der Waals surface area contributed by atoms with Crippen molar-refractivity contribution in [1.82, 2.24) is 0 Å². The van der Waals surface area contributed by atoms with Gasteiger partial charge < -0.3 is 16.6 Å². The number of allylic oxidation sites excluding steroid dienone is 4. The quantitative estimate of drug-likeness (QED) is 0.494. The fourth-order valence-electron chi connectivity index (χ4n) is 8.20. The van der Waals surface area contributed by atoms with Crippen molar-refractivity contribution in [3.63, 3.8) is 0 Å². The van der Waals surface area contributed by atoms with Crippen molar-refractivity contribution < 1.29 is 5.11 Å². The Kier molecular flexibility index (Phi) is 5.01. The number of hydrogen-bond acceptors (Lipinski definition) is 3. The lowest BCUT2D eigenvalue weighted by molar-refractivity contribution is 0.0442. The van der Waals surface area contributed by atoms with Crippen molar-refractivity contribution >= 4 is 5.57 Å². The minimum Gasteiger partial charge on any atom is -0.507 e. The third-order valence-electron chi connectivity index (χ3n) is 9.41. The molecule has 3 heteroatoms. The van der Waals surface area contributed by atoms with Crippen molar-refractivity contribution in [3.8, 4) is 5.75 Å². The number of rotatable bonds is 2. The van der Waals surface area contributed by atoms with Gasteiger partial charge in [0.1, 0.15) is 5.75 Å². The van der Waals surface area contributed by atoms with Crippen LogP contribution in [0.25, 0.3) is 5.57 Å². The molecule has 0 aromatic heterocycles. The van der Waals surface area contributed by atoms with Crippen LogP contribution in [-0.2, 0) is 6.42 Å². The van der Waals surface area contributed by atoms with Crippen LogP contribution in [-0.4, -0.2) is 10.6 Å². The van der Waals surface area contributed by atoms with E-state index in [1.54, 1.807) is 0 Å². The van der Waals surface area contributed by atoms with E-state index in [0.717, 1.165) is 52.7 Å². The van der Waals surface area contributed by atoms with Crippen LogP contribution in [0.5, 0.6) is 5.75 Å². The largest absolute Gasteiger partial charge is 0.507 e. The van der Waals surface area contributed by atoms with Crippen LogP contribution in [0.15, 0.2) is 59.4 Å². The van der Waals surface area contributed by atoms with Crippen molar-refractivity contribution in [2.24, 2.45) is 28.2 Å². The molecule has 1 aromatic carbocycles. The molecule has 0 spiro atoms. The Morgan fingerprint density at radius 3 is 2.30 bits per heavy atom. The smallest absolute Gasteiger partial charge is 0.126 e. The van der Waals surface area contributed by atoms with Gasteiger partial charge in [0.05, 0.1) is 5.54 Å². The van der Waals surface area contributed by atoms with Gasteiger partial charge in [0.25, 0.3) is 0 Å². The second-order valence-electron chi connectivity index (χ2n) is 11.4. The molecule has 3 aliphatic rings. The summed E-state index contributed by atoms with van der Waals surface area (Å²) in [6, 6.07) is 2.09. The lowest BCUT2D eigenvalue weighted by Gasteiger charge is -2.64. The summed E-state index contributed by atoms with van der Waals surface area (Å²) in [6.45, 7) is 28.5. The summed E-state index contributed by atoms with van der Waals surface area (Å²) < 4.78 is 0. The predicted molar refractivity (Wildman–Crippen MR) is 140 cm³/mol. The number of aromatic hydroxyl groups is 1. The van der Waals surface area contributed by atoms with E-state index < -0.39 is 5.54 Å². The molecule has 3 nitrogen and oxygen atoms in total. The molecule has 4 rings (SSSR count). The van der Waals surface area contributed by atoms with E-state index in [1.807, 2.05) is 6.92 Å². The number of nitrogens with two attached hydrogens (primary N) is 2. The number of benzene rings is 1. The Bertz CT molecular complexity index is 1210. The van der Waals surface area contributed by atoms with E-state index in [1.165, 1.54) is 22.3 Å². The zero-order valence-corrected chi connectivity index (χ0v) is 21.5. The first kappa shape index (κ1) is 23.6. The van der Waals surface area contributed by atoms with E-state index in [4.69, 9.17) is 11.5 Å². The van der Waals surface area contributed by atoms with E-state index in [9.17, 15) is 5.11 Å². The van der Waals surface area contributed by atoms with Crippen LogP contribution < -0.4 is 11.5 Å². The van der Waals surface area contributed by atoms with Gasteiger partial charge in [-0.05, 0) is 97.3 Å². The maximum absolute atomic E-state index is 11.1. The molecule has 0 aliphatic heterocycles. The van der Waals surface area contributed by atoms with Gasteiger partial charge in [-0.2, -0.15) is 0 Å². The highest BCUT2D eigenvalue weighted by Gasteiger charge is 2.63. The molecular weight excluding hydrogens is 404 g/mol. The molecule has 0 saturated heterocycles. The van der Waals surface area contributed by atoms with Crippen LogP contribution in [0.4, 0.5) is 0 Å². The van der Waals surface area contributed by atoms with Crippen LogP contribution in [0.2, 0.25) is 0 Å². The van der Waals surface area contributed by atoms with E-state index in [2.05, 4.69) is 67.3 Å². The third-order valence-corrected chi connectivity index (χ3v) is 9.41. The normalized spacial score (nSPS) is 33.6. The zero-order valence-electron chi connectivity index (χ0n) is 21.5. The predicted octanol–water partition coefficient (Wildman–Crippen LogP) is 6.39. The van der Waals surface area contributed by atoms with Gasteiger partial charge in [-0.25, -0.2) is 0 Å². The number of fused-ring (bicyclic) bond motifs is 3. The first-order valence-corrected chi connectivity index (χ1v) is 12.0. The third kappa shape index (κ3) is 2.66. The SMILES string of the molecule is C=C(N)C1=C(C)[C@@H](CC)[C@]2(C)C[C@]3(C)Cc4c(C)cc(C)c(O)c4C(=C)C3=C(C)[C@]2(N)C1=C. The Morgan fingerprint density at radius 2 is 1.76 bits per heavy atom. The second-order valence-corrected chi connectivity index (χ2v) is 11.4. The molecule has 0 amide bonds. The minimum absolute atomic E-state index is 0.135. The van der Waals surface area contributed by atoms with Crippen LogP contribution in [0.1, 0.15) is 69.7 Å². The maximum Gasteiger partial charge on any atom is 0.126 e. The first-order chi connectivity index (χ1) is 15.2. The first-order valence-electron chi connectivity index (χ1n) is 12.0. The average Bonchev–Trinajstić information content (AvgIpc) is 2.69. The molecule has 0 radical (unpaired) electrons. The van der Waals surface area contributed by atoms with Crippen LogP contribution in [0, 0.1) is 30.6 Å². The summed E-state index contributed by atoms with van der Waals surface area (Å²) in [6.07, 6.45) is 2.75. The monoisotopic (exact) mass is 444 g/mol. The summed E-state index contributed by atoms with van der Waals surface area (Å²) >= 11 is 0. The molecule has 3 aliphatic carbocycles. The van der Waals surface area contributed by atoms with E-state index >= 15 is 0 Å². The average molecular weight is 445 g/mol. The highest BCUT2D eigenvalue weighted by Crippen LogP contribution is 2.68. The number of phenols is 1. The Morgan fingerprint density at radius 1 is 1.15 bits per heavy atom. The number of aryl methyl sites for hydroxylation is 2. The summed E-state index contributed by atoms with van der Waals surface area (Å²) in [5.74, 6) is 0.599. The summed E-state index contributed by atoms with van der Waals surface area (Å²) in [5, 5.41) is 11.1. The molecule has 1 aromatic rings. The van der Waals surface area contributed by atoms with Gasteiger partial charge in [-0.3, -0.25) is 0 Å². The Balaban J connectivity index is 2.09. The lowest BCUT2D eigenvalue weighted by atomic mass is 9.41. The molecule has 4 atom stereocenters. The van der Waals surface area contributed by atoms with Crippen LogP contribution >= 0.6 is 0 Å². The summed E-state index contributed by atoms with van der Waals surface area (Å²) in [4.78, 5) is 0. The Labute approximate surface area is 199 Å². The second kappa shape index (κ2) is 6.99.